The monoisotopic (exact) mass is 465 g/mol. The van der Waals surface area contributed by atoms with Crippen molar-refractivity contribution in [2.45, 2.75) is 50.8 Å². The Morgan fingerprint density at radius 1 is 1.25 bits per heavy atom. The molecule has 0 aliphatic carbocycles. The molecule has 2 aromatic rings. The normalized spacial score (nSPS) is 15.0. The number of nitrogens with zero attached hydrogens (tertiary/aromatic N) is 4. The average molecular weight is 466 g/mol. The minimum atomic E-state index is -3.42. The maximum atomic E-state index is 11.7. The minimum Gasteiger partial charge on any atom is -0.483 e. The molecule has 0 spiro atoms. The molecule has 0 atom stereocenters. The van der Waals surface area contributed by atoms with Gasteiger partial charge < -0.3 is 24.8 Å². The summed E-state index contributed by atoms with van der Waals surface area (Å²) in [6, 6.07) is 3.03. The summed E-state index contributed by atoms with van der Waals surface area (Å²) in [6.45, 7) is 6.18. The fraction of sp³-hybridized carbons (Fsp3) is 0.500. The second-order valence-corrected chi connectivity index (χ2v) is 9.75. The van der Waals surface area contributed by atoms with Crippen LogP contribution in [0.25, 0.3) is 0 Å². The molecule has 1 saturated heterocycles. The summed E-state index contributed by atoms with van der Waals surface area (Å²) in [4.78, 5) is 25.1. The molecule has 1 aliphatic heterocycles. The van der Waals surface area contributed by atoms with Gasteiger partial charge in [0.25, 0.3) is 5.88 Å². The number of hydrogen-bond donors (Lipinski definition) is 2. The number of carboxylic acid groups (broad SMARTS) is 1. The number of piperidine rings is 1. The van der Waals surface area contributed by atoms with E-state index in [1.54, 1.807) is 13.0 Å². The molecular formula is C20H27N5O6S. The van der Waals surface area contributed by atoms with Crippen LogP contribution in [0.1, 0.15) is 32.4 Å². The van der Waals surface area contributed by atoms with Crippen LogP contribution in [0.15, 0.2) is 23.5 Å². The first kappa shape index (κ1) is 23.5. The van der Waals surface area contributed by atoms with E-state index in [-0.39, 0.29) is 23.1 Å². The Morgan fingerprint density at radius 3 is 2.50 bits per heavy atom. The predicted molar refractivity (Wildman–Crippen MR) is 116 cm³/mol. The molecule has 0 aromatic carbocycles. The first-order chi connectivity index (χ1) is 15.0. The summed E-state index contributed by atoms with van der Waals surface area (Å²) < 4.78 is 35.5. The van der Waals surface area contributed by atoms with Crippen molar-refractivity contribution in [2.75, 3.05) is 24.7 Å². The lowest BCUT2D eigenvalue weighted by atomic mass is 10.1. The van der Waals surface area contributed by atoms with Crippen LogP contribution >= 0.6 is 0 Å². The van der Waals surface area contributed by atoms with E-state index in [0.717, 1.165) is 6.26 Å². The lowest BCUT2D eigenvalue weighted by Crippen LogP contribution is -2.41. The zero-order chi connectivity index (χ0) is 23.5. The van der Waals surface area contributed by atoms with E-state index in [9.17, 15) is 13.2 Å². The number of hydrogen-bond acceptors (Lipinski definition) is 9. The highest BCUT2D eigenvalue weighted by atomic mass is 32.2. The molecule has 32 heavy (non-hydrogen) atoms. The molecule has 0 radical (unpaired) electrons. The number of amides is 1. The summed E-state index contributed by atoms with van der Waals surface area (Å²) >= 11 is 0. The third-order valence-corrected chi connectivity index (χ3v) is 5.80. The Labute approximate surface area is 186 Å². The van der Waals surface area contributed by atoms with Crippen molar-refractivity contribution in [3.05, 3.63) is 24.2 Å². The van der Waals surface area contributed by atoms with Crippen molar-refractivity contribution in [3.63, 3.8) is 0 Å². The third kappa shape index (κ3) is 5.75. The first-order valence-corrected chi connectivity index (χ1v) is 12.0. The van der Waals surface area contributed by atoms with Crippen LogP contribution in [0.3, 0.4) is 0 Å². The number of pyridine rings is 1. The highest BCUT2D eigenvalue weighted by molar-refractivity contribution is 7.90. The fourth-order valence-electron chi connectivity index (χ4n) is 3.20. The van der Waals surface area contributed by atoms with Crippen LogP contribution < -0.4 is 14.8 Å². The van der Waals surface area contributed by atoms with Gasteiger partial charge in [-0.15, -0.1) is 0 Å². The summed E-state index contributed by atoms with van der Waals surface area (Å²) in [5.74, 6) is 0.918. The van der Waals surface area contributed by atoms with Crippen molar-refractivity contribution < 1.29 is 27.8 Å². The zero-order valence-corrected chi connectivity index (χ0v) is 19.2. The number of rotatable bonds is 7. The molecule has 0 unspecified atom stereocenters. The van der Waals surface area contributed by atoms with Crippen molar-refractivity contribution in [1.82, 2.24) is 19.9 Å². The van der Waals surface area contributed by atoms with Crippen molar-refractivity contribution in [2.24, 2.45) is 0 Å². The summed E-state index contributed by atoms with van der Waals surface area (Å²) in [5.41, 5.74) is 1.04. The maximum absolute atomic E-state index is 11.7. The summed E-state index contributed by atoms with van der Waals surface area (Å²) in [6.07, 6.45) is 2.18. The van der Waals surface area contributed by atoms with Crippen molar-refractivity contribution in [3.8, 4) is 11.6 Å². The smallest absolute Gasteiger partial charge is 0.407 e. The Morgan fingerprint density at radius 2 is 1.94 bits per heavy atom. The fourth-order valence-corrected chi connectivity index (χ4v) is 3.82. The second kappa shape index (κ2) is 9.55. The van der Waals surface area contributed by atoms with Crippen LogP contribution in [0.4, 0.5) is 16.3 Å². The lowest BCUT2D eigenvalue weighted by Gasteiger charge is -2.30. The van der Waals surface area contributed by atoms with Crippen LogP contribution in [-0.4, -0.2) is 71.0 Å². The van der Waals surface area contributed by atoms with Crippen LogP contribution in [0.5, 0.6) is 11.6 Å². The Bertz CT molecular complexity index is 1080. The Kier molecular flexibility index (Phi) is 7.02. The topological polar surface area (TPSA) is 144 Å². The number of nitrogens with one attached hydrogen (secondary N) is 1. The molecule has 1 fully saturated rings. The molecule has 3 rings (SSSR count). The van der Waals surface area contributed by atoms with Gasteiger partial charge in [0.15, 0.2) is 20.7 Å². The second-order valence-electron chi connectivity index (χ2n) is 7.79. The van der Waals surface area contributed by atoms with Crippen molar-refractivity contribution in [1.29, 1.82) is 0 Å². The molecule has 0 saturated carbocycles. The number of ether oxygens (including phenoxy) is 2. The van der Waals surface area contributed by atoms with Crippen LogP contribution in [0, 0.1) is 6.92 Å². The number of sulfone groups is 1. The zero-order valence-electron chi connectivity index (χ0n) is 18.4. The van der Waals surface area contributed by atoms with E-state index in [2.05, 4.69) is 20.3 Å². The highest BCUT2D eigenvalue weighted by Gasteiger charge is 2.26. The molecule has 1 aliphatic rings. The predicted octanol–water partition coefficient (Wildman–Crippen LogP) is 2.64. The van der Waals surface area contributed by atoms with Crippen molar-refractivity contribution >= 4 is 27.4 Å². The molecule has 2 aromatic heterocycles. The van der Waals surface area contributed by atoms with Gasteiger partial charge >= 0.3 is 6.09 Å². The van der Waals surface area contributed by atoms with E-state index in [1.807, 2.05) is 13.8 Å². The molecule has 0 bridgehead atoms. The SMILES string of the molecule is Cc1nc(S(C)(=O)=O)ccc1Nc1ncnc(OC2CCN(C(=O)O)CC2)c1OC(C)C. The van der Waals surface area contributed by atoms with Gasteiger partial charge in [-0.05, 0) is 32.9 Å². The van der Waals surface area contributed by atoms with Gasteiger partial charge in [-0.1, -0.05) is 0 Å². The molecule has 3 heterocycles. The van der Waals surface area contributed by atoms with Gasteiger partial charge in [0.1, 0.15) is 12.4 Å². The van der Waals surface area contributed by atoms with E-state index in [4.69, 9.17) is 14.6 Å². The lowest BCUT2D eigenvalue weighted by molar-refractivity contribution is 0.0833. The summed E-state index contributed by atoms with van der Waals surface area (Å²) in [5, 5.41) is 12.2. The van der Waals surface area contributed by atoms with E-state index >= 15 is 0 Å². The molecular weight excluding hydrogens is 438 g/mol. The standard InChI is InChI=1S/C20H27N5O6S/c1-12(2)30-17-18(24-15-5-6-16(23-13(15)3)32(4,28)29)21-11-22-19(17)31-14-7-9-25(10-8-14)20(26)27/h5-6,11-12,14H,7-10H2,1-4H3,(H,26,27)(H,21,22,24). The molecule has 2 N–H and O–H groups in total. The first-order valence-electron chi connectivity index (χ1n) is 10.2. The minimum absolute atomic E-state index is 0.0152. The van der Waals surface area contributed by atoms with E-state index in [1.165, 1.54) is 17.3 Å². The van der Waals surface area contributed by atoms with E-state index in [0.29, 0.717) is 48.9 Å². The van der Waals surface area contributed by atoms with Gasteiger partial charge in [-0.25, -0.2) is 23.2 Å². The largest absolute Gasteiger partial charge is 0.483 e. The Balaban J connectivity index is 1.85. The van der Waals surface area contributed by atoms with Crippen LogP contribution in [0.2, 0.25) is 0 Å². The van der Waals surface area contributed by atoms with Gasteiger partial charge in [-0.2, -0.15) is 4.98 Å². The Hall–Kier alpha value is -3.15. The number of carbonyl (C=O) groups is 1. The van der Waals surface area contributed by atoms with Crippen LogP contribution in [-0.2, 0) is 9.84 Å². The van der Waals surface area contributed by atoms with E-state index < -0.39 is 15.9 Å². The van der Waals surface area contributed by atoms with Gasteiger partial charge in [0, 0.05) is 32.2 Å². The molecule has 174 valence electrons. The highest BCUT2D eigenvalue weighted by Crippen LogP contribution is 2.36. The quantitative estimate of drug-likeness (QED) is 0.626. The number of aromatic nitrogens is 3. The number of likely N-dealkylation sites (tertiary alicyclic amines) is 1. The summed E-state index contributed by atoms with van der Waals surface area (Å²) in [7, 11) is -3.42. The molecule has 11 nitrogen and oxygen atoms in total. The van der Waals surface area contributed by atoms with Gasteiger partial charge in [0.05, 0.1) is 17.5 Å². The number of aryl methyl sites for hydroxylation is 1. The maximum Gasteiger partial charge on any atom is 0.407 e. The average Bonchev–Trinajstić information content (AvgIpc) is 2.71. The third-order valence-electron chi connectivity index (χ3n) is 4.81. The molecule has 12 heteroatoms. The van der Waals surface area contributed by atoms with Gasteiger partial charge in [0.2, 0.25) is 5.75 Å². The van der Waals surface area contributed by atoms with Gasteiger partial charge in [-0.3, -0.25) is 0 Å². The number of anilines is 2. The molecule has 1 amide bonds.